The van der Waals surface area contributed by atoms with Gasteiger partial charge in [0.05, 0.1) is 19.2 Å². The molecule has 7 heteroatoms. The zero-order chi connectivity index (χ0) is 15.2. The first-order chi connectivity index (χ1) is 10.2. The van der Waals surface area contributed by atoms with Crippen LogP contribution in [0.15, 0.2) is 24.8 Å². The first kappa shape index (κ1) is 22.4. The summed E-state index contributed by atoms with van der Waals surface area (Å²) in [6.07, 6.45) is 2.80. The van der Waals surface area contributed by atoms with Gasteiger partial charge in [-0.2, -0.15) is 0 Å². The highest BCUT2D eigenvalue weighted by Gasteiger charge is 2.25. The molecule has 1 heterocycles. The average Bonchev–Trinajstić information content (AvgIpc) is 2.53. The molecule has 0 bridgehead atoms. The number of nitrogens with zero attached hydrogens (tertiary/aromatic N) is 1. The van der Waals surface area contributed by atoms with Crippen molar-refractivity contribution in [3.8, 4) is 11.5 Å². The number of nitrogens with one attached hydrogen (secondary N) is 1. The molecule has 1 aromatic rings. The van der Waals surface area contributed by atoms with Gasteiger partial charge in [0.1, 0.15) is 0 Å². The Bertz CT molecular complexity index is 494. The monoisotopic (exact) mass is 382 g/mol. The van der Waals surface area contributed by atoms with Crippen molar-refractivity contribution in [2.75, 3.05) is 40.4 Å². The van der Waals surface area contributed by atoms with Gasteiger partial charge in [-0.05, 0) is 18.1 Å². The maximum Gasteiger partial charge on any atom is 0.179 e. The van der Waals surface area contributed by atoms with Gasteiger partial charge in [-0.15, -0.1) is 31.4 Å². The van der Waals surface area contributed by atoms with E-state index in [0.29, 0.717) is 16.5 Å². The SMILES string of the molecule is C=CC[C@H](c1ccc(OC)c(OC)c1Cl)N1CCNCC1.Cl.Cl. The number of benzene rings is 1. The minimum atomic E-state index is 0. The van der Waals surface area contributed by atoms with Crippen LogP contribution in [0.25, 0.3) is 0 Å². The first-order valence-corrected chi connectivity index (χ1v) is 7.56. The van der Waals surface area contributed by atoms with E-state index in [-0.39, 0.29) is 30.9 Å². The van der Waals surface area contributed by atoms with E-state index in [1.807, 2.05) is 18.2 Å². The normalized spacial score (nSPS) is 15.8. The molecule has 1 aliphatic heterocycles. The predicted molar refractivity (Wildman–Crippen MR) is 101 cm³/mol. The summed E-state index contributed by atoms with van der Waals surface area (Å²) in [6, 6.07) is 4.16. The van der Waals surface area contributed by atoms with E-state index < -0.39 is 0 Å². The minimum absolute atomic E-state index is 0. The highest BCUT2D eigenvalue weighted by molar-refractivity contribution is 6.33. The third-order valence-corrected chi connectivity index (χ3v) is 4.25. The molecule has 0 amide bonds. The van der Waals surface area contributed by atoms with Crippen molar-refractivity contribution < 1.29 is 9.47 Å². The Morgan fingerprint density at radius 3 is 2.43 bits per heavy atom. The van der Waals surface area contributed by atoms with E-state index in [1.54, 1.807) is 14.2 Å². The molecule has 0 unspecified atom stereocenters. The third-order valence-electron chi connectivity index (χ3n) is 3.86. The van der Waals surface area contributed by atoms with E-state index in [0.717, 1.165) is 38.2 Å². The van der Waals surface area contributed by atoms with Gasteiger partial charge in [0.25, 0.3) is 0 Å². The van der Waals surface area contributed by atoms with Crippen LogP contribution in [0.1, 0.15) is 18.0 Å². The van der Waals surface area contributed by atoms with E-state index in [4.69, 9.17) is 21.1 Å². The molecule has 0 radical (unpaired) electrons. The Morgan fingerprint density at radius 2 is 1.91 bits per heavy atom. The lowest BCUT2D eigenvalue weighted by Crippen LogP contribution is -2.45. The van der Waals surface area contributed by atoms with E-state index >= 15 is 0 Å². The molecule has 1 aliphatic rings. The Kier molecular flexibility index (Phi) is 10.7. The number of hydrogen-bond acceptors (Lipinski definition) is 4. The topological polar surface area (TPSA) is 33.7 Å². The smallest absolute Gasteiger partial charge is 0.179 e. The molecule has 0 aliphatic carbocycles. The Morgan fingerprint density at radius 1 is 1.26 bits per heavy atom. The molecule has 1 saturated heterocycles. The van der Waals surface area contributed by atoms with E-state index in [9.17, 15) is 0 Å². The quantitative estimate of drug-likeness (QED) is 0.759. The highest BCUT2D eigenvalue weighted by Crippen LogP contribution is 2.41. The van der Waals surface area contributed by atoms with Gasteiger partial charge in [0.2, 0.25) is 0 Å². The van der Waals surface area contributed by atoms with Crippen molar-refractivity contribution in [3.63, 3.8) is 0 Å². The summed E-state index contributed by atoms with van der Waals surface area (Å²) in [4.78, 5) is 2.44. The number of ether oxygens (including phenoxy) is 2. The van der Waals surface area contributed by atoms with Gasteiger partial charge in [0, 0.05) is 32.2 Å². The van der Waals surface area contributed by atoms with Gasteiger partial charge >= 0.3 is 0 Å². The van der Waals surface area contributed by atoms with Crippen molar-refractivity contribution in [1.82, 2.24) is 10.2 Å². The largest absolute Gasteiger partial charge is 0.493 e. The van der Waals surface area contributed by atoms with Crippen molar-refractivity contribution in [1.29, 1.82) is 0 Å². The van der Waals surface area contributed by atoms with Crippen LogP contribution in [0, 0.1) is 0 Å². The number of halogens is 3. The fourth-order valence-corrected chi connectivity index (χ4v) is 3.15. The minimum Gasteiger partial charge on any atom is -0.493 e. The van der Waals surface area contributed by atoms with Gasteiger partial charge in [-0.3, -0.25) is 4.90 Å². The fourth-order valence-electron chi connectivity index (χ4n) is 2.79. The number of methoxy groups -OCH3 is 2. The van der Waals surface area contributed by atoms with Crippen LogP contribution >= 0.6 is 36.4 Å². The third kappa shape index (κ3) is 5.16. The molecule has 2 rings (SSSR count). The van der Waals surface area contributed by atoms with E-state index in [2.05, 4.69) is 16.8 Å². The molecule has 0 aromatic heterocycles. The summed E-state index contributed by atoms with van der Waals surface area (Å²) in [5, 5.41) is 4.00. The standard InChI is InChI=1S/C16H23ClN2O2.2ClH/c1-4-5-13(19-10-8-18-9-11-19)12-6-7-14(20-2)16(21-3)15(12)17;;/h4,6-7,13,18H,1,5,8-11H2,2-3H3;2*1H/t13-;;/m1../s1. The number of piperazine rings is 1. The summed E-state index contributed by atoms with van der Waals surface area (Å²) >= 11 is 6.56. The summed E-state index contributed by atoms with van der Waals surface area (Å²) in [7, 11) is 3.23. The Balaban J connectivity index is 0.00000242. The molecule has 1 fully saturated rings. The van der Waals surface area contributed by atoms with Crippen LogP contribution in [0.2, 0.25) is 5.02 Å². The molecule has 132 valence electrons. The molecular weight excluding hydrogens is 359 g/mol. The van der Waals surface area contributed by atoms with Crippen LogP contribution in [0.3, 0.4) is 0 Å². The van der Waals surface area contributed by atoms with Crippen LogP contribution in [-0.2, 0) is 0 Å². The van der Waals surface area contributed by atoms with Crippen LogP contribution in [-0.4, -0.2) is 45.3 Å². The molecule has 0 saturated carbocycles. The second kappa shape index (κ2) is 11.0. The van der Waals surface area contributed by atoms with Crippen LogP contribution < -0.4 is 14.8 Å². The van der Waals surface area contributed by atoms with Gasteiger partial charge < -0.3 is 14.8 Å². The van der Waals surface area contributed by atoms with E-state index in [1.165, 1.54) is 0 Å². The van der Waals surface area contributed by atoms with Crippen molar-refractivity contribution in [2.45, 2.75) is 12.5 Å². The summed E-state index contributed by atoms with van der Waals surface area (Å²) < 4.78 is 10.7. The number of hydrogen-bond donors (Lipinski definition) is 1. The highest BCUT2D eigenvalue weighted by atomic mass is 35.5. The fraction of sp³-hybridized carbons (Fsp3) is 0.500. The molecule has 23 heavy (non-hydrogen) atoms. The average molecular weight is 384 g/mol. The van der Waals surface area contributed by atoms with Crippen molar-refractivity contribution in [2.24, 2.45) is 0 Å². The predicted octanol–water partition coefficient (Wildman–Crippen LogP) is 3.72. The molecule has 0 spiro atoms. The zero-order valence-corrected chi connectivity index (χ0v) is 15.9. The maximum atomic E-state index is 6.56. The lowest BCUT2D eigenvalue weighted by molar-refractivity contribution is 0.174. The lowest BCUT2D eigenvalue weighted by Gasteiger charge is -2.35. The van der Waals surface area contributed by atoms with Crippen LogP contribution in [0.5, 0.6) is 11.5 Å². The van der Waals surface area contributed by atoms with Gasteiger partial charge in [0.15, 0.2) is 11.5 Å². The number of rotatable bonds is 6. The summed E-state index contributed by atoms with van der Waals surface area (Å²) in [5.41, 5.74) is 1.07. The van der Waals surface area contributed by atoms with Gasteiger partial charge in [-0.1, -0.05) is 23.7 Å². The molecule has 1 N–H and O–H groups in total. The molecule has 4 nitrogen and oxygen atoms in total. The van der Waals surface area contributed by atoms with Crippen molar-refractivity contribution in [3.05, 3.63) is 35.4 Å². The molecule has 1 atom stereocenters. The Hall–Kier alpha value is -0.650. The molecule has 1 aromatic carbocycles. The zero-order valence-electron chi connectivity index (χ0n) is 13.5. The summed E-state index contributed by atoms with van der Waals surface area (Å²) in [6.45, 7) is 7.89. The van der Waals surface area contributed by atoms with Gasteiger partial charge in [-0.25, -0.2) is 0 Å². The van der Waals surface area contributed by atoms with Crippen molar-refractivity contribution >= 4 is 36.4 Å². The Labute approximate surface area is 156 Å². The second-order valence-electron chi connectivity index (χ2n) is 5.03. The second-order valence-corrected chi connectivity index (χ2v) is 5.41. The maximum absolute atomic E-state index is 6.56. The summed E-state index contributed by atoms with van der Waals surface area (Å²) in [5.74, 6) is 1.25. The lowest BCUT2D eigenvalue weighted by atomic mass is 10.00. The molecular formula is C16H25Cl3N2O2. The van der Waals surface area contributed by atoms with Crippen LogP contribution in [0.4, 0.5) is 0 Å². The first-order valence-electron chi connectivity index (χ1n) is 7.19.